The van der Waals surface area contributed by atoms with E-state index in [1.54, 1.807) is 0 Å². The maximum atomic E-state index is 3.69. The second-order valence-corrected chi connectivity index (χ2v) is 11.2. The summed E-state index contributed by atoms with van der Waals surface area (Å²) in [6.45, 7) is 6.96. The van der Waals surface area contributed by atoms with Crippen LogP contribution in [0, 0.1) is 20.8 Å². The summed E-state index contributed by atoms with van der Waals surface area (Å²) in [5.41, 5.74) is 8.34. The zero-order valence-electron chi connectivity index (χ0n) is 13.6. The van der Waals surface area contributed by atoms with E-state index in [2.05, 4.69) is 89.0 Å². The molecule has 24 heavy (non-hydrogen) atoms. The van der Waals surface area contributed by atoms with Crippen LogP contribution in [0.4, 0.5) is 0 Å². The topological polar surface area (TPSA) is 0 Å². The Hall–Kier alpha value is -0.615. The predicted octanol–water partition coefficient (Wildman–Crippen LogP) is 5.26. The molecule has 5 heteroatoms. The Balaban J connectivity index is 2.05. The molecule has 0 radical (unpaired) electrons. The third-order valence-corrected chi connectivity index (χ3v) is 7.79. The van der Waals surface area contributed by atoms with Crippen molar-refractivity contribution in [1.82, 2.24) is 0 Å². The van der Waals surface area contributed by atoms with Crippen LogP contribution in [-0.4, -0.2) is 6.71 Å². The molecular formula is C19H15BBr2S2. The van der Waals surface area contributed by atoms with Gasteiger partial charge in [-0.2, -0.15) is 0 Å². The largest absolute Gasteiger partial charge is 0.245 e. The normalized spacial score (nSPS) is 13.0. The summed E-state index contributed by atoms with van der Waals surface area (Å²) < 4.78 is 2.39. The van der Waals surface area contributed by atoms with Gasteiger partial charge in [-0.3, -0.25) is 0 Å². The summed E-state index contributed by atoms with van der Waals surface area (Å²) >= 11 is 11.0. The van der Waals surface area contributed by atoms with Gasteiger partial charge in [-0.25, -0.2) is 0 Å². The minimum atomic E-state index is 0.288. The predicted molar refractivity (Wildman–Crippen MR) is 118 cm³/mol. The molecule has 0 aliphatic carbocycles. The zero-order chi connectivity index (χ0) is 17.0. The van der Waals surface area contributed by atoms with Gasteiger partial charge in [0, 0.05) is 9.75 Å². The number of rotatable bonds is 1. The molecule has 4 rings (SSSR count). The average molecular weight is 478 g/mol. The summed E-state index contributed by atoms with van der Waals surface area (Å²) in [7, 11) is 0. The van der Waals surface area contributed by atoms with E-state index in [4.69, 9.17) is 0 Å². The standard InChI is InChI=1S/C19H15BBr2S2/c1-10-6-11(2)19(12(3)7-10)20-13-8-17(21)23-15(13)4-5-16-14(20)9-18(22)24-16/h4-9H,1-3H3. The molecule has 0 spiro atoms. The molecule has 0 saturated heterocycles. The van der Waals surface area contributed by atoms with Gasteiger partial charge < -0.3 is 0 Å². The minimum Gasteiger partial charge on any atom is -0.129 e. The van der Waals surface area contributed by atoms with Gasteiger partial charge in [0.2, 0.25) is 6.71 Å². The summed E-state index contributed by atoms with van der Waals surface area (Å²) in [6, 6.07) is 9.22. The van der Waals surface area contributed by atoms with Gasteiger partial charge >= 0.3 is 0 Å². The van der Waals surface area contributed by atoms with Gasteiger partial charge in [0.25, 0.3) is 0 Å². The lowest BCUT2D eigenvalue weighted by Gasteiger charge is -2.19. The Labute approximate surface area is 168 Å². The average Bonchev–Trinajstić information content (AvgIpc) is 3.00. The van der Waals surface area contributed by atoms with Crippen molar-refractivity contribution in [1.29, 1.82) is 0 Å². The summed E-state index contributed by atoms with van der Waals surface area (Å²) in [6.07, 6.45) is 4.54. The van der Waals surface area contributed by atoms with Crippen LogP contribution in [0.1, 0.15) is 26.4 Å². The van der Waals surface area contributed by atoms with Crippen molar-refractivity contribution in [2.24, 2.45) is 0 Å². The summed E-state index contributed by atoms with van der Waals surface area (Å²) in [4.78, 5) is 2.71. The molecule has 1 aliphatic heterocycles. The Kier molecular flexibility index (Phi) is 4.40. The monoisotopic (exact) mass is 476 g/mol. The molecule has 120 valence electrons. The highest BCUT2D eigenvalue weighted by Crippen LogP contribution is 2.29. The molecular weight excluding hydrogens is 463 g/mol. The van der Waals surface area contributed by atoms with Crippen LogP contribution >= 0.6 is 54.5 Å². The number of aryl methyl sites for hydroxylation is 3. The van der Waals surface area contributed by atoms with Crippen molar-refractivity contribution in [3.8, 4) is 0 Å². The molecule has 0 fully saturated rings. The van der Waals surface area contributed by atoms with Gasteiger partial charge in [-0.05, 0) is 87.8 Å². The van der Waals surface area contributed by atoms with Crippen LogP contribution in [0.3, 0.4) is 0 Å². The van der Waals surface area contributed by atoms with E-state index >= 15 is 0 Å². The van der Waals surface area contributed by atoms with Crippen LogP contribution < -0.4 is 16.4 Å². The number of halogens is 2. The molecule has 0 N–H and O–H groups in total. The van der Waals surface area contributed by atoms with Crippen molar-refractivity contribution >= 4 is 89.8 Å². The smallest absolute Gasteiger partial charge is 0.129 e. The first-order chi connectivity index (χ1) is 11.4. The fraction of sp³-hybridized carbons (Fsp3) is 0.158. The van der Waals surface area contributed by atoms with Crippen LogP contribution in [-0.2, 0) is 0 Å². The molecule has 0 saturated carbocycles. The van der Waals surface area contributed by atoms with Crippen molar-refractivity contribution in [2.75, 3.05) is 0 Å². The number of fused-ring (bicyclic) bond motifs is 2. The Morgan fingerprint density at radius 2 is 1.21 bits per heavy atom. The SMILES string of the molecule is Cc1cc(C)c(B2c3cc(Br)sc3C=Cc3sc(Br)cc32)c(C)c1. The molecule has 0 amide bonds. The van der Waals surface area contributed by atoms with E-state index in [9.17, 15) is 0 Å². The first-order valence-electron chi connectivity index (χ1n) is 7.78. The number of hydrogen-bond donors (Lipinski definition) is 0. The highest BCUT2D eigenvalue weighted by atomic mass is 79.9. The van der Waals surface area contributed by atoms with Crippen LogP contribution in [0.25, 0.3) is 12.2 Å². The van der Waals surface area contributed by atoms with E-state index in [-0.39, 0.29) is 6.71 Å². The Morgan fingerprint density at radius 3 is 1.67 bits per heavy atom. The fourth-order valence-electron chi connectivity index (χ4n) is 3.76. The van der Waals surface area contributed by atoms with Gasteiger partial charge in [0.05, 0.1) is 7.57 Å². The molecule has 2 aromatic heterocycles. The molecule has 0 atom stereocenters. The molecule has 0 unspecified atom stereocenters. The molecule has 1 aromatic carbocycles. The highest BCUT2D eigenvalue weighted by Gasteiger charge is 2.32. The first kappa shape index (κ1) is 16.8. The van der Waals surface area contributed by atoms with Crippen LogP contribution in [0.5, 0.6) is 0 Å². The number of thiophene rings is 2. The molecule has 1 aliphatic rings. The van der Waals surface area contributed by atoms with E-state index in [1.807, 2.05) is 22.7 Å². The summed E-state index contributed by atoms with van der Waals surface area (Å²) in [5, 5.41) is 0. The third kappa shape index (κ3) is 2.80. The Bertz CT molecular complexity index is 908. The van der Waals surface area contributed by atoms with Gasteiger partial charge in [0.1, 0.15) is 0 Å². The summed E-state index contributed by atoms with van der Waals surface area (Å²) in [5.74, 6) is 0. The Morgan fingerprint density at radius 1 is 0.750 bits per heavy atom. The van der Waals surface area contributed by atoms with Crippen LogP contribution in [0.2, 0.25) is 0 Å². The highest BCUT2D eigenvalue weighted by molar-refractivity contribution is 9.11. The van der Waals surface area contributed by atoms with E-state index < -0.39 is 0 Å². The lowest BCUT2D eigenvalue weighted by Crippen LogP contribution is -2.54. The van der Waals surface area contributed by atoms with Gasteiger partial charge in [0.15, 0.2) is 0 Å². The lowest BCUT2D eigenvalue weighted by molar-refractivity contribution is 1.35. The molecule has 0 bridgehead atoms. The first-order valence-corrected chi connectivity index (χ1v) is 11.0. The maximum absolute atomic E-state index is 3.69. The van der Waals surface area contributed by atoms with E-state index in [0.717, 1.165) is 0 Å². The minimum absolute atomic E-state index is 0.288. The van der Waals surface area contributed by atoms with Gasteiger partial charge in [-0.15, -0.1) is 22.7 Å². The van der Waals surface area contributed by atoms with Crippen molar-refractivity contribution < 1.29 is 0 Å². The molecule has 3 aromatic rings. The quantitative estimate of drug-likeness (QED) is 0.328. The van der Waals surface area contributed by atoms with Crippen molar-refractivity contribution in [3.05, 3.63) is 58.3 Å². The maximum Gasteiger partial charge on any atom is 0.245 e. The van der Waals surface area contributed by atoms with Gasteiger partial charge in [-0.1, -0.05) is 34.3 Å². The van der Waals surface area contributed by atoms with E-state index in [0.29, 0.717) is 0 Å². The third-order valence-electron chi connectivity index (χ3n) is 4.56. The number of benzene rings is 1. The zero-order valence-corrected chi connectivity index (χ0v) is 18.4. The number of hydrogen-bond acceptors (Lipinski definition) is 2. The molecule has 0 nitrogen and oxygen atoms in total. The van der Waals surface area contributed by atoms with E-state index in [1.165, 1.54) is 50.4 Å². The lowest BCUT2D eigenvalue weighted by atomic mass is 9.35. The van der Waals surface area contributed by atoms with Crippen molar-refractivity contribution in [3.63, 3.8) is 0 Å². The second-order valence-electron chi connectivity index (χ2n) is 6.32. The van der Waals surface area contributed by atoms with Crippen LogP contribution in [0.15, 0.2) is 31.8 Å². The molecule has 3 heterocycles. The van der Waals surface area contributed by atoms with Crippen molar-refractivity contribution in [2.45, 2.75) is 20.8 Å². The fourth-order valence-corrected chi connectivity index (χ4v) is 6.95. The second kappa shape index (κ2) is 6.28.